The molecule has 0 aromatic heterocycles. The first kappa shape index (κ1) is 10.9. The number of hydrogen-bond donors (Lipinski definition) is 0. The van der Waals surface area contributed by atoms with E-state index < -0.39 is 0 Å². The third kappa shape index (κ3) is 1.90. The van der Waals surface area contributed by atoms with Gasteiger partial charge >= 0.3 is 0 Å². The van der Waals surface area contributed by atoms with Gasteiger partial charge in [0.25, 0.3) is 0 Å². The van der Waals surface area contributed by atoms with E-state index in [1.165, 1.54) is 5.56 Å². The normalized spacial score (nSPS) is 13.3. The summed E-state index contributed by atoms with van der Waals surface area (Å²) in [6, 6.07) is 11.6. The van der Waals surface area contributed by atoms with Crippen molar-refractivity contribution in [3.63, 3.8) is 0 Å². The second kappa shape index (κ2) is 4.25. The van der Waals surface area contributed by atoms with Crippen molar-refractivity contribution in [3.8, 4) is 16.9 Å². The summed E-state index contributed by atoms with van der Waals surface area (Å²) in [6.07, 6.45) is 0.960. The van der Waals surface area contributed by atoms with E-state index in [0.717, 1.165) is 29.9 Å². The predicted octanol–water partition coefficient (Wildman–Crippen LogP) is 4.60. The fourth-order valence-corrected chi connectivity index (χ4v) is 2.52. The van der Waals surface area contributed by atoms with E-state index in [1.807, 2.05) is 24.3 Å². The lowest BCUT2D eigenvalue weighted by molar-refractivity contribution is 0.358. The van der Waals surface area contributed by atoms with Crippen LogP contribution in [0.3, 0.4) is 0 Å². The van der Waals surface area contributed by atoms with Crippen LogP contribution >= 0.6 is 23.2 Å². The van der Waals surface area contributed by atoms with E-state index in [2.05, 4.69) is 6.07 Å². The van der Waals surface area contributed by atoms with Gasteiger partial charge in [-0.05, 0) is 23.8 Å². The van der Waals surface area contributed by atoms with E-state index in [9.17, 15) is 0 Å². The van der Waals surface area contributed by atoms with Gasteiger partial charge in [-0.3, -0.25) is 0 Å². The molecule has 1 heterocycles. The van der Waals surface area contributed by atoms with E-state index in [0.29, 0.717) is 10.0 Å². The summed E-state index contributed by atoms with van der Waals surface area (Å²) in [6.45, 7) is 0.741. The molecule has 0 radical (unpaired) electrons. The summed E-state index contributed by atoms with van der Waals surface area (Å²) in [5.41, 5.74) is 3.18. The first-order valence-corrected chi connectivity index (χ1v) is 6.21. The second-order valence-electron chi connectivity index (χ2n) is 4.02. The number of halogens is 2. The molecule has 1 aliphatic heterocycles. The molecule has 0 saturated carbocycles. The Hall–Kier alpha value is -1.18. The molecule has 0 N–H and O–H groups in total. The van der Waals surface area contributed by atoms with Gasteiger partial charge in [-0.25, -0.2) is 0 Å². The van der Waals surface area contributed by atoms with Crippen molar-refractivity contribution in [3.05, 3.63) is 52.0 Å². The van der Waals surface area contributed by atoms with E-state index in [-0.39, 0.29) is 0 Å². The van der Waals surface area contributed by atoms with Crippen LogP contribution in [0.25, 0.3) is 11.1 Å². The zero-order chi connectivity index (χ0) is 11.8. The fourth-order valence-electron chi connectivity index (χ4n) is 2.13. The quantitative estimate of drug-likeness (QED) is 0.732. The highest BCUT2D eigenvalue weighted by molar-refractivity contribution is 6.35. The number of para-hydroxylation sites is 1. The van der Waals surface area contributed by atoms with Crippen LogP contribution in [-0.2, 0) is 6.42 Å². The van der Waals surface area contributed by atoms with Crippen molar-refractivity contribution in [2.75, 3.05) is 6.61 Å². The largest absolute Gasteiger partial charge is 0.492 e. The minimum atomic E-state index is 0.681. The highest BCUT2D eigenvalue weighted by Gasteiger charge is 2.18. The van der Waals surface area contributed by atoms with Crippen LogP contribution in [0.4, 0.5) is 0 Å². The van der Waals surface area contributed by atoms with Crippen LogP contribution in [0.5, 0.6) is 5.75 Å². The van der Waals surface area contributed by atoms with Gasteiger partial charge in [-0.15, -0.1) is 0 Å². The Labute approximate surface area is 110 Å². The van der Waals surface area contributed by atoms with E-state index in [4.69, 9.17) is 27.9 Å². The Morgan fingerprint density at radius 3 is 2.76 bits per heavy atom. The minimum absolute atomic E-state index is 0.681. The summed E-state index contributed by atoms with van der Waals surface area (Å²) < 4.78 is 5.68. The van der Waals surface area contributed by atoms with Gasteiger partial charge in [-0.2, -0.15) is 0 Å². The molecule has 3 rings (SSSR count). The molecule has 0 bridgehead atoms. The maximum atomic E-state index is 6.22. The molecule has 0 unspecified atom stereocenters. The molecule has 3 heteroatoms. The van der Waals surface area contributed by atoms with Crippen LogP contribution in [0.2, 0.25) is 10.0 Å². The van der Waals surface area contributed by atoms with Crippen molar-refractivity contribution in [1.29, 1.82) is 0 Å². The molecule has 0 saturated heterocycles. The monoisotopic (exact) mass is 264 g/mol. The lowest BCUT2D eigenvalue weighted by Gasteiger charge is -2.10. The summed E-state index contributed by atoms with van der Waals surface area (Å²) in [7, 11) is 0. The highest BCUT2D eigenvalue weighted by atomic mass is 35.5. The third-order valence-electron chi connectivity index (χ3n) is 2.93. The number of rotatable bonds is 1. The van der Waals surface area contributed by atoms with Gasteiger partial charge in [0.15, 0.2) is 0 Å². The van der Waals surface area contributed by atoms with Gasteiger partial charge in [0.05, 0.1) is 6.61 Å². The van der Waals surface area contributed by atoms with Crippen molar-refractivity contribution in [2.24, 2.45) is 0 Å². The zero-order valence-corrected chi connectivity index (χ0v) is 10.6. The summed E-state index contributed by atoms with van der Waals surface area (Å²) in [5.74, 6) is 0.941. The fraction of sp³-hybridized carbons (Fsp3) is 0.143. The molecule has 17 heavy (non-hydrogen) atoms. The maximum Gasteiger partial charge on any atom is 0.130 e. The van der Waals surface area contributed by atoms with Gasteiger partial charge in [0.1, 0.15) is 5.75 Å². The van der Waals surface area contributed by atoms with E-state index >= 15 is 0 Å². The van der Waals surface area contributed by atoms with Crippen molar-refractivity contribution in [1.82, 2.24) is 0 Å². The zero-order valence-electron chi connectivity index (χ0n) is 9.04. The standard InChI is InChI=1S/C14H10Cl2O/c15-10-4-5-13(16)12(8-10)11-3-1-2-9-6-7-17-14(9)11/h1-5,8H,6-7H2. The van der Waals surface area contributed by atoms with Gasteiger partial charge in [0, 0.05) is 27.6 Å². The number of hydrogen-bond acceptors (Lipinski definition) is 1. The lowest BCUT2D eigenvalue weighted by atomic mass is 10.0. The maximum absolute atomic E-state index is 6.22. The molecule has 0 spiro atoms. The first-order chi connectivity index (χ1) is 8.25. The minimum Gasteiger partial charge on any atom is -0.492 e. The molecule has 0 aliphatic carbocycles. The van der Waals surface area contributed by atoms with Gasteiger partial charge in [-0.1, -0.05) is 41.4 Å². The Morgan fingerprint density at radius 2 is 1.88 bits per heavy atom. The second-order valence-corrected chi connectivity index (χ2v) is 4.86. The molecule has 86 valence electrons. The third-order valence-corrected chi connectivity index (χ3v) is 3.50. The van der Waals surface area contributed by atoms with Gasteiger partial charge < -0.3 is 4.74 Å². The molecule has 1 aliphatic rings. The van der Waals surface area contributed by atoms with Crippen LogP contribution in [-0.4, -0.2) is 6.61 Å². The molecular formula is C14H10Cl2O. The summed E-state index contributed by atoms with van der Waals surface area (Å²) >= 11 is 12.2. The van der Waals surface area contributed by atoms with Crippen LogP contribution in [0.1, 0.15) is 5.56 Å². The summed E-state index contributed by atoms with van der Waals surface area (Å²) in [4.78, 5) is 0. The van der Waals surface area contributed by atoms with Crippen molar-refractivity contribution < 1.29 is 4.74 Å². The molecule has 2 aromatic rings. The van der Waals surface area contributed by atoms with Crippen molar-refractivity contribution >= 4 is 23.2 Å². The summed E-state index contributed by atoms with van der Waals surface area (Å²) in [5, 5.41) is 1.37. The number of benzene rings is 2. The van der Waals surface area contributed by atoms with Gasteiger partial charge in [0.2, 0.25) is 0 Å². The molecule has 0 fully saturated rings. The molecule has 0 amide bonds. The van der Waals surface area contributed by atoms with E-state index in [1.54, 1.807) is 6.07 Å². The Morgan fingerprint density at radius 1 is 1.00 bits per heavy atom. The predicted molar refractivity (Wildman–Crippen MR) is 71.1 cm³/mol. The lowest BCUT2D eigenvalue weighted by Crippen LogP contribution is -1.89. The SMILES string of the molecule is Clc1ccc(Cl)c(-c2cccc3c2OCC3)c1. The Kier molecular flexibility index (Phi) is 2.73. The van der Waals surface area contributed by atoms with Crippen LogP contribution in [0.15, 0.2) is 36.4 Å². The average molecular weight is 265 g/mol. The molecule has 2 aromatic carbocycles. The van der Waals surface area contributed by atoms with Crippen LogP contribution < -0.4 is 4.74 Å². The Bertz CT molecular complexity index is 578. The highest BCUT2D eigenvalue weighted by Crippen LogP contribution is 2.40. The molecule has 0 atom stereocenters. The average Bonchev–Trinajstić information content (AvgIpc) is 2.80. The smallest absolute Gasteiger partial charge is 0.130 e. The molecule has 1 nitrogen and oxygen atoms in total. The first-order valence-electron chi connectivity index (χ1n) is 5.46. The van der Waals surface area contributed by atoms with Crippen LogP contribution in [0, 0.1) is 0 Å². The topological polar surface area (TPSA) is 9.23 Å². The molecular weight excluding hydrogens is 255 g/mol. The van der Waals surface area contributed by atoms with Crippen molar-refractivity contribution in [2.45, 2.75) is 6.42 Å². The Balaban J connectivity index is 2.22. The number of ether oxygens (including phenoxy) is 1. The number of fused-ring (bicyclic) bond motifs is 1.